The van der Waals surface area contributed by atoms with E-state index in [-0.39, 0.29) is 11.5 Å². The lowest BCUT2D eigenvalue weighted by Gasteiger charge is -2.53. The van der Waals surface area contributed by atoms with Gasteiger partial charge in [0.15, 0.2) is 0 Å². The van der Waals surface area contributed by atoms with Crippen molar-refractivity contribution in [2.75, 3.05) is 33.4 Å². The summed E-state index contributed by atoms with van der Waals surface area (Å²) in [5.74, 6) is 0.783. The molecule has 126 valence electrons. The Hall–Kier alpha value is -1.39. The number of aryl methyl sites for hydroxylation is 1. The molecular formula is C19H27NO3. The molecule has 2 heterocycles. The maximum Gasteiger partial charge on any atom is 0.254 e. The highest BCUT2D eigenvalue weighted by Gasteiger charge is 2.49. The summed E-state index contributed by atoms with van der Waals surface area (Å²) in [7, 11) is 1.75. The molecule has 1 atom stereocenters. The molecule has 0 radical (unpaired) electrons. The van der Waals surface area contributed by atoms with E-state index in [2.05, 4.69) is 6.92 Å². The third-order valence-electron chi connectivity index (χ3n) is 5.18. The fourth-order valence-electron chi connectivity index (χ4n) is 3.74. The van der Waals surface area contributed by atoms with E-state index in [1.807, 2.05) is 29.2 Å². The van der Waals surface area contributed by atoms with Crippen molar-refractivity contribution < 1.29 is 14.3 Å². The summed E-state index contributed by atoms with van der Waals surface area (Å²) >= 11 is 0. The second kappa shape index (κ2) is 7.02. The first-order valence-corrected chi connectivity index (χ1v) is 8.67. The van der Waals surface area contributed by atoms with E-state index >= 15 is 0 Å². The van der Waals surface area contributed by atoms with Crippen LogP contribution in [0.2, 0.25) is 0 Å². The summed E-state index contributed by atoms with van der Waals surface area (Å²) in [6, 6.07) is 7.96. The second-order valence-corrected chi connectivity index (χ2v) is 6.88. The molecule has 1 amide bonds. The number of carbonyl (C=O) groups is 1. The number of nitrogens with zero attached hydrogens (tertiary/aromatic N) is 1. The summed E-state index contributed by atoms with van der Waals surface area (Å²) in [5, 5.41) is 0. The normalized spacial score (nSPS) is 22.9. The Labute approximate surface area is 138 Å². The van der Waals surface area contributed by atoms with Crippen molar-refractivity contribution in [3.63, 3.8) is 0 Å². The molecule has 2 aliphatic heterocycles. The number of hydrogen-bond donors (Lipinski definition) is 0. The fraction of sp³-hybridized carbons (Fsp3) is 0.632. The number of likely N-dealkylation sites (tertiary alicyclic amines) is 1. The predicted molar refractivity (Wildman–Crippen MR) is 89.6 cm³/mol. The molecule has 2 aliphatic rings. The van der Waals surface area contributed by atoms with Crippen LogP contribution in [-0.4, -0.2) is 49.8 Å². The molecule has 2 fully saturated rings. The molecule has 0 saturated carbocycles. The molecule has 0 bridgehead atoms. The van der Waals surface area contributed by atoms with Crippen LogP contribution < -0.4 is 0 Å². The van der Waals surface area contributed by atoms with Crippen LogP contribution in [0.15, 0.2) is 24.3 Å². The van der Waals surface area contributed by atoms with E-state index in [4.69, 9.17) is 9.47 Å². The molecule has 23 heavy (non-hydrogen) atoms. The van der Waals surface area contributed by atoms with Crippen molar-refractivity contribution in [2.45, 2.75) is 38.2 Å². The maximum absolute atomic E-state index is 12.6. The van der Waals surface area contributed by atoms with Gasteiger partial charge in [-0.1, -0.05) is 19.1 Å². The summed E-state index contributed by atoms with van der Waals surface area (Å²) in [4.78, 5) is 14.5. The Bertz CT molecular complexity index is 534. The first kappa shape index (κ1) is 16.5. The van der Waals surface area contributed by atoms with Crippen molar-refractivity contribution in [2.24, 2.45) is 5.92 Å². The van der Waals surface area contributed by atoms with Gasteiger partial charge < -0.3 is 14.4 Å². The highest BCUT2D eigenvalue weighted by atomic mass is 16.5. The second-order valence-electron chi connectivity index (χ2n) is 6.88. The Morgan fingerprint density at radius 3 is 2.74 bits per heavy atom. The third-order valence-corrected chi connectivity index (χ3v) is 5.18. The lowest BCUT2D eigenvalue weighted by atomic mass is 9.79. The molecule has 0 N–H and O–H groups in total. The van der Waals surface area contributed by atoms with E-state index in [1.54, 1.807) is 7.11 Å². The molecule has 3 rings (SSSR count). The smallest absolute Gasteiger partial charge is 0.254 e. The minimum absolute atomic E-state index is 0.102. The van der Waals surface area contributed by atoms with Crippen LogP contribution in [0.25, 0.3) is 0 Å². The van der Waals surface area contributed by atoms with Gasteiger partial charge >= 0.3 is 0 Å². The number of methoxy groups -OCH3 is 1. The molecule has 1 spiro atoms. The molecule has 0 aromatic heterocycles. The van der Waals surface area contributed by atoms with E-state index in [1.165, 1.54) is 5.56 Å². The number of ether oxygens (including phenoxy) is 2. The Kier molecular flexibility index (Phi) is 5.02. The zero-order valence-electron chi connectivity index (χ0n) is 14.2. The summed E-state index contributed by atoms with van der Waals surface area (Å²) < 4.78 is 11.2. The number of carbonyl (C=O) groups excluding carboxylic acids is 1. The van der Waals surface area contributed by atoms with Crippen LogP contribution in [0.3, 0.4) is 0 Å². The van der Waals surface area contributed by atoms with Crippen molar-refractivity contribution >= 4 is 5.91 Å². The van der Waals surface area contributed by atoms with Gasteiger partial charge in [0.1, 0.15) is 5.60 Å². The van der Waals surface area contributed by atoms with Gasteiger partial charge in [-0.05, 0) is 49.3 Å². The quantitative estimate of drug-likeness (QED) is 0.838. The molecule has 2 saturated heterocycles. The molecule has 0 unspecified atom stereocenters. The van der Waals surface area contributed by atoms with Gasteiger partial charge in [-0.15, -0.1) is 0 Å². The molecule has 4 nitrogen and oxygen atoms in total. The average molecular weight is 317 g/mol. The van der Waals surface area contributed by atoms with E-state index in [0.29, 0.717) is 5.92 Å². The maximum atomic E-state index is 12.6. The number of hydrogen-bond acceptors (Lipinski definition) is 3. The van der Waals surface area contributed by atoms with E-state index in [9.17, 15) is 4.79 Å². The first-order valence-electron chi connectivity index (χ1n) is 8.67. The average Bonchev–Trinajstić information content (AvgIpc) is 2.57. The summed E-state index contributed by atoms with van der Waals surface area (Å²) in [5.41, 5.74) is 1.94. The summed E-state index contributed by atoms with van der Waals surface area (Å²) in [6.07, 6.45) is 4.25. The molecule has 1 aromatic rings. The Morgan fingerprint density at radius 2 is 2.09 bits per heavy atom. The van der Waals surface area contributed by atoms with Crippen LogP contribution >= 0.6 is 0 Å². The Balaban J connectivity index is 1.55. The van der Waals surface area contributed by atoms with Gasteiger partial charge in [0, 0.05) is 25.9 Å². The van der Waals surface area contributed by atoms with E-state index in [0.717, 1.165) is 57.6 Å². The van der Waals surface area contributed by atoms with Gasteiger partial charge in [0.25, 0.3) is 5.91 Å². The van der Waals surface area contributed by atoms with E-state index < -0.39 is 0 Å². The van der Waals surface area contributed by atoms with Gasteiger partial charge in [0.05, 0.1) is 13.1 Å². The monoisotopic (exact) mass is 317 g/mol. The van der Waals surface area contributed by atoms with Gasteiger partial charge in [-0.2, -0.15) is 0 Å². The van der Waals surface area contributed by atoms with Crippen LogP contribution in [0, 0.1) is 5.92 Å². The van der Waals surface area contributed by atoms with Crippen LogP contribution in [-0.2, 0) is 15.9 Å². The molecule has 1 aromatic carbocycles. The van der Waals surface area contributed by atoms with Crippen molar-refractivity contribution in [3.8, 4) is 0 Å². The van der Waals surface area contributed by atoms with Crippen molar-refractivity contribution in [1.82, 2.24) is 4.90 Å². The lowest BCUT2D eigenvalue weighted by molar-refractivity contribution is -0.167. The van der Waals surface area contributed by atoms with Gasteiger partial charge in [-0.3, -0.25) is 4.79 Å². The molecular weight excluding hydrogens is 290 g/mol. The third kappa shape index (κ3) is 3.59. The topological polar surface area (TPSA) is 38.8 Å². The SMILES string of the molecule is CCc1ccc(C(=O)N2CC3(C[C@@H](CCOC)CCO3)C2)cc1. The highest BCUT2D eigenvalue weighted by Crippen LogP contribution is 2.38. The predicted octanol–water partition coefficient (Wildman–Crippen LogP) is 2.91. The van der Waals surface area contributed by atoms with Crippen molar-refractivity contribution in [3.05, 3.63) is 35.4 Å². The first-order chi connectivity index (χ1) is 11.2. The summed E-state index contributed by atoms with van der Waals surface area (Å²) in [6.45, 7) is 5.20. The molecule has 4 heteroatoms. The van der Waals surface area contributed by atoms with Crippen LogP contribution in [0.1, 0.15) is 42.1 Å². The Morgan fingerprint density at radius 1 is 1.35 bits per heavy atom. The number of amides is 1. The number of benzene rings is 1. The molecule has 0 aliphatic carbocycles. The standard InChI is InChI=1S/C19H27NO3/c1-3-15-4-6-17(7-5-15)18(21)20-13-19(14-20)12-16(8-10-22-2)9-11-23-19/h4-7,16H,3,8-14H2,1-2H3/t16-/m0/s1. The fourth-order valence-corrected chi connectivity index (χ4v) is 3.74. The lowest BCUT2D eigenvalue weighted by Crippen LogP contribution is -2.66. The van der Waals surface area contributed by atoms with Crippen LogP contribution in [0.5, 0.6) is 0 Å². The highest BCUT2D eigenvalue weighted by molar-refractivity contribution is 5.95. The minimum Gasteiger partial charge on any atom is -0.385 e. The number of rotatable bonds is 5. The van der Waals surface area contributed by atoms with Gasteiger partial charge in [-0.25, -0.2) is 0 Å². The van der Waals surface area contributed by atoms with Crippen molar-refractivity contribution in [1.29, 1.82) is 0 Å². The van der Waals surface area contributed by atoms with Crippen LogP contribution in [0.4, 0.5) is 0 Å². The zero-order chi connectivity index (χ0) is 16.3. The largest absolute Gasteiger partial charge is 0.385 e. The minimum atomic E-state index is -0.102. The van der Waals surface area contributed by atoms with Gasteiger partial charge in [0.2, 0.25) is 0 Å². The zero-order valence-corrected chi connectivity index (χ0v) is 14.2.